The molecule has 1 heterocycles. The largest absolute Gasteiger partial charge is 0.497 e. The van der Waals surface area contributed by atoms with Crippen molar-refractivity contribution in [3.8, 4) is 17.1 Å². The lowest BCUT2D eigenvalue weighted by Crippen LogP contribution is -2.15. The molecule has 6 nitrogen and oxygen atoms in total. The van der Waals surface area contributed by atoms with Crippen LogP contribution in [0.15, 0.2) is 23.0 Å². The van der Waals surface area contributed by atoms with Crippen molar-refractivity contribution < 1.29 is 9.13 Å². The molecule has 0 spiro atoms. The van der Waals surface area contributed by atoms with Gasteiger partial charge in [0.25, 0.3) is 0 Å². The van der Waals surface area contributed by atoms with Gasteiger partial charge in [0.2, 0.25) is 5.95 Å². The SMILES string of the molecule is COc1ccc(-c2nc(N)nc(=O)[nH]2)c(F)c1. The molecule has 0 radical (unpaired) electrons. The molecule has 0 fully saturated rings. The first kappa shape index (κ1) is 11.1. The third-order valence-corrected chi connectivity index (χ3v) is 2.10. The molecular formula is C10H9FN4O2. The smallest absolute Gasteiger partial charge is 0.349 e. The second kappa shape index (κ2) is 4.20. The molecule has 1 aromatic heterocycles. The Morgan fingerprint density at radius 3 is 2.76 bits per heavy atom. The number of rotatable bonds is 2. The highest BCUT2D eigenvalue weighted by atomic mass is 19.1. The molecule has 0 bridgehead atoms. The van der Waals surface area contributed by atoms with Crippen LogP contribution in [0.2, 0.25) is 0 Å². The Hall–Kier alpha value is -2.44. The van der Waals surface area contributed by atoms with Crippen LogP contribution in [0, 0.1) is 5.82 Å². The number of nitrogens with one attached hydrogen (secondary N) is 1. The summed E-state index contributed by atoms with van der Waals surface area (Å²) in [6.45, 7) is 0. The lowest BCUT2D eigenvalue weighted by molar-refractivity contribution is 0.411. The maximum absolute atomic E-state index is 13.7. The monoisotopic (exact) mass is 236 g/mol. The van der Waals surface area contributed by atoms with Crippen LogP contribution >= 0.6 is 0 Å². The molecule has 2 rings (SSSR count). The third kappa shape index (κ3) is 2.22. The van der Waals surface area contributed by atoms with Crippen molar-refractivity contribution in [3.63, 3.8) is 0 Å². The van der Waals surface area contributed by atoms with Gasteiger partial charge >= 0.3 is 5.69 Å². The molecule has 0 aliphatic heterocycles. The number of nitrogen functional groups attached to an aromatic ring is 1. The first-order valence-corrected chi connectivity index (χ1v) is 4.68. The van der Waals surface area contributed by atoms with E-state index < -0.39 is 11.5 Å². The highest BCUT2D eigenvalue weighted by Crippen LogP contribution is 2.22. The van der Waals surface area contributed by atoms with Gasteiger partial charge in [-0.3, -0.25) is 4.98 Å². The summed E-state index contributed by atoms with van der Waals surface area (Å²) < 4.78 is 18.5. The average Bonchev–Trinajstić information content (AvgIpc) is 2.27. The summed E-state index contributed by atoms with van der Waals surface area (Å²) in [7, 11) is 1.43. The lowest BCUT2D eigenvalue weighted by Gasteiger charge is -2.04. The first-order chi connectivity index (χ1) is 8.10. The highest BCUT2D eigenvalue weighted by Gasteiger charge is 2.10. The molecule has 7 heteroatoms. The quantitative estimate of drug-likeness (QED) is 0.794. The fourth-order valence-electron chi connectivity index (χ4n) is 1.34. The zero-order valence-electron chi connectivity index (χ0n) is 8.90. The molecule has 2 aromatic rings. The minimum atomic E-state index is -0.678. The Morgan fingerprint density at radius 1 is 1.41 bits per heavy atom. The van der Waals surface area contributed by atoms with Gasteiger partial charge in [0, 0.05) is 6.07 Å². The van der Waals surface area contributed by atoms with Gasteiger partial charge in [-0.25, -0.2) is 9.18 Å². The zero-order valence-corrected chi connectivity index (χ0v) is 8.90. The van der Waals surface area contributed by atoms with Crippen LogP contribution in [0.3, 0.4) is 0 Å². The van der Waals surface area contributed by atoms with Gasteiger partial charge in [0.05, 0.1) is 12.7 Å². The van der Waals surface area contributed by atoms with Crippen molar-refractivity contribution in [2.45, 2.75) is 0 Å². The Morgan fingerprint density at radius 2 is 2.18 bits per heavy atom. The van der Waals surface area contributed by atoms with Crippen molar-refractivity contribution in [3.05, 3.63) is 34.5 Å². The van der Waals surface area contributed by atoms with Gasteiger partial charge in [-0.1, -0.05) is 0 Å². The van der Waals surface area contributed by atoms with E-state index in [-0.39, 0.29) is 17.3 Å². The summed E-state index contributed by atoms with van der Waals surface area (Å²) in [5.74, 6) is -0.379. The van der Waals surface area contributed by atoms with Crippen molar-refractivity contribution in [1.29, 1.82) is 0 Å². The number of aromatic amines is 1. The van der Waals surface area contributed by atoms with E-state index in [1.165, 1.54) is 19.2 Å². The number of hydrogen-bond acceptors (Lipinski definition) is 5. The van der Waals surface area contributed by atoms with E-state index in [1.807, 2.05) is 0 Å². The number of anilines is 1. The van der Waals surface area contributed by atoms with E-state index >= 15 is 0 Å². The summed E-state index contributed by atoms with van der Waals surface area (Å²) in [6.07, 6.45) is 0. The molecule has 1 aromatic carbocycles. The van der Waals surface area contributed by atoms with Crippen LogP contribution in [0.5, 0.6) is 5.75 Å². The molecule has 17 heavy (non-hydrogen) atoms. The minimum Gasteiger partial charge on any atom is -0.497 e. The Bertz CT molecular complexity index is 611. The Labute approximate surface area is 95.3 Å². The third-order valence-electron chi connectivity index (χ3n) is 2.10. The average molecular weight is 236 g/mol. The van der Waals surface area contributed by atoms with E-state index in [0.717, 1.165) is 0 Å². The maximum Gasteiger partial charge on any atom is 0.349 e. The van der Waals surface area contributed by atoms with Gasteiger partial charge in [-0.2, -0.15) is 9.97 Å². The van der Waals surface area contributed by atoms with Crippen molar-refractivity contribution in [1.82, 2.24) is 15.0 Å². The summed E-state index contributed by atoms with van der Waals surface area (Å²) in [4.78, 5) is 20.5. The molecule has 0 unspecified atom stereocenters. The van der Waals surface area contributed by atoms with E-state index in [9.17, 15) is 9.18 Å². The van der Waals surface area contributed by atoms with Crippen molar-refractivity contribution in [2.24, 2.45) is 0 Å². The first-order valence-electron chi connectivity index (χ1n) is 4.68. The maximum atomic E-state index is 13.7. The van der Waals surface area contributed by atoms with Gasteiger partial charge < -0.3 is 10.5 Å². The van der Waals surface area contributed by atoms with Crippen molar-refractivity contribution >= 4 is 5.95 Å². The van der Waals surface area contributed by atoms with Crippen LogP contribution < -0.4 is 16.2 Å². The Balaban J connectivity index is 2.56. The molecule has 0 saturated heterocycles. The van der Waals surface area contributed by atoms with Crippen LogP contribution in [0.25, 0.3) is 11.4 Å². The molecule has 0 atom stereocenters. The van der Waals surface area contributed by atoms with E-state index in [0.29, 0.717) is 5.75 Å². The number of methoxy groups -OCH3 is 1. The number of hydrogen-bond donors (Lipinski definition) is 2. The van der Waals surface area contributed by atoms with E-state index in [1.54, 1.807) is 6.07 Å². The molecule has 0 saturated carbocycles. The number of aromatic nitrogens is 3. The molecule has 0 aliphatic rings. The van der Waals surface area contributed by atoms with Gasteiger partial charge in [0.1, 0.15) is 17.4 Å². The van der Waals surface area contributed by atoms with Crippen LogP contribution in [0.4, 0.5) is 10.3 Å². The van der Waals surface area contributed by atoms with Gasteiger partial charge in [0.15, 0.2) is 0 Å². The fourth-order valence-corrected chi connectivity index (χ4v) is 1.34. The normalized spacial score (nSPS) is 10.2. The Kier molecular flexibility index (Phi) is 2.73. The predicted octanol–water partition coefficient (Wildman–Crippen LogP) is 0.562. The minimum absolute atomic E-state index is 0.0302. The van der Waals surface area contributed by atoms with Crippen LogP contribution in [0.1, 0.15) is 0 Å². The standard InChI is InChI=1S/C10H9FN4O2/c1-17-5-2-3-6(7(11)4-5)8-13-9(12)15-10(16)14-8/h2-4H,1H3,(H3,12,13,14,15,16). The van der Waals surface area contributed by atoms with Crippen LogP contribution in [-0.2, 0) is 0 Å². The number of halogens is 1. The van der Waals surface area contributed by atoms with Gasteiger partial charge in [-0.15, -0.1) is 0 Å². The second-order valence-corrected chi connectivity index (χ2v) is 3.21. The molecule has 3 N–H and O–H groups in total. The number of benzene rings is 1. The summed E-state index contributed by atoms with van der Waals surface area (Å²) >= 11 is 0. The van der Waals surface area contributed by atoms with Gasteiger partial charge in [-0.05, 0) is 12.1 Å². The summed E-state index contributed by atoms with van der Waals surface area (Å²) in [5, 5.41) is 0. The molecule has 88 valence electrons. The molecule has 0 aliphatic carbocycles. The van der Waals surface area contributed by atoms with E-state index in [4.69, 9.17) is 10.5 Å². The molecular weight excluding hydrogens is 227 g/mol. The summed E-state index contributed by atoms with van der Waals surface area (Å²) in [6, 6.07) is 4.17. The number of ether oxygens (including phenoxy) is 1. The number of H-pyrrole nitrogens is 1. The van der Waals surface area contributed by atoms with Crippen molar-refractivity contribution in [2.75, 3.05) is 12.8 Å². The number of nitrogens with two attached hydrogens (primary N) is 1. The molecule has 0 amide bonds. The van der Waals surface area contributed by atoms with Crippen LogP contribution in [-0.4, -0.2) is 22.1 Å². The summed E-state index contributed by atoms with van der Waals surface area (Å²) in [5.41, 5.74) is 4.76. The predicted molar refractivity (Wildman–Crippen MR) is 59.0 cm³/mol. The number of nitrogens with zero attached hydrogens (tertiary/aromatic N) is 2. The topological polar surface area (TPSA) is 93.9 Å². The zero-order chi connectivity index (χ0) is 12.4. The highest BCUT2D eigenvalue weighted by molar-refractivity contribution is 5.57. The lowest BCUT2D eigenvalue weighted by atomic mass is 10.2. The fraction of sp³-hybridized carbons (Fsp3) is 0.100. The second-order valence-electron chi connectivity index (χ2n) is 3.21. The van der Waals surface area contributed by atoms with E-state index in [2.05, 4.69) is 15.0 Å².